The van der Waals surface area contributed by atoms with Crippen molar-refractivity contribution >= 4 is 21.9 Å². The normalized spacial score (nSPS) is 12.1. The summed E-state index contributed by atoms with van der Waals surface area (Å²) in [6, 6.07) is 5.66. The molecule has 1 aromatic heterocycles. The average molecular weight is 397 g/mol. The number of carbonyl (C=O) groups is 1. The quantitative estimate of drug-likeness (QED) is 0.641. The van der Waals surface area contributed by atoms with Crippen molar-refractivity contribution in [2.24, 2.45) is 5.14 Å². The van der Waals surface area contributed by atoms with Gasteiger partial charge in [0.15, 0.2) is 6.10 Å². The first kappa shape index (κ1) is 20.3. The number of primary sulfonamides is 1. The predicted octanol–water partition coefficient (Wildman–Crippen LogP) is 0.332. The van der Waals surface area contributed by atoms with Crippen molar-refractivity contribution in [1.29, 1.82) is 0 Å². The average Bonchev–Trinajstić information content (AvgIpc) is 2.65. The van der Waals surface area contributed by atoms with Crippen molar-refractivity contribution in [2.75, 3.05) is 19.5 Å². The first-order valence-electron chi connectivity index (χ1n) is 7.71. The summed E-state index contributed by atoms with van der Waals surface area (Å²) in [7, 11) is -1.31. The van der Waals surface area contributed by atoms with Crippen molar-refractivity contribution in [3.63, 3.8) is 0 Å². The number of hydrogen-bond donors (Lipinski definition) is 2. The second-order valence-electron chi connectivity index (χ2n) is 5.13. The van der Waals surface area contributed by atoms with E-state index in [0.29, 0.717) is 0 Å². The van der Waals surface area contributed by atoms with Crippen LogP contribution in [0.3, 0.4) is 0 Å². The van der Waals surface area contributed by atoms with Gasteiger partial charge in [0.1, 0.15) is 10.6 Å². The molecule has 3 N–H and O–H groups in total. The Morgan fingerprint density at radius 1 is 1.15 bits per heavy atom. The van der Waals surface area contributed by atoms with Gasteiger partial charge in [-0.3, -0.25) is 10.1 Å². The number of nitrogens with one attached hydrogen (secondary N) is 1. The number of nitrogens with zero attached hydrogens (tertiary/aromatic N) is 3. The third-order valence-corrected chi connectivity index (χ3v) is 4.23. The zero-order valence-electron chi connectivity index (χ0n) is 14.9. The smallest absolute Gasteiger partial charge is 0.324 e. The summed E-state index contributed by atoms with van der Waals surface area (Å²) in [6.07, 6.45) is -0.786. The van der Waals surface area contributed by atoms with Crippen molar-refractivity contribution in [3.05, 3.63) is 24.3 Å². The number of rotatable bonds is 8. The lowest BCUT2D eigenvalue weighted by atomic mass is 10.2. The molecule has 1 aromatic carbocycles. The van der Waals surface area contributed by atoms with Crippen LogP contribution in [0.4, 0.5) is 5.95 Å². The van der Waals surface area contributed by atoms with E-state index in [2.05, 4.69) is 20.3 Å². The van der Waals surface area contributed by atoms with Crippen molar-refractivity contribution in [2.45, 2.75) is 24.3 Å². The number of ether oxygens (including phenoxy) is 3. The molecule has 1 atom stereocenters. The van der Waals surface area contributed by atoms with Gasteiger partial charge < -0.3 is 14.2 Å². The first-order chi connectivity index (χ1) is 12.8. The fraction of sp³-hybridized carbons (Fsp3) is 0.333. The number of benzene rings is 1. The van der Waals surface area contributed by atoms with Crippen LogP contribution in [0.25, 0.3) is 0 Å². The Bertz CT molecular complexity index is 898. The van der Waals surface area contributed by atoms with Crippen LogP contribution in [0.5, 0.6) is 17.8 Å². The molecule has 0 aliphatic heterocycles. The highest BCUT2D eigenvalue weighted by Crippen LogP contribution is 2.24. The lowest BCUT2D eigenvalue weighted by Crippen LogP contribution is -2.33. The van der Waals surface area contributed by atoms with Crippen LogP contribution < -0.4 is 24.7 Å². The Balaban J connectivity index is 2.23. The molecule has 27 heavy (non-hydrogen) atoms. The van der Waals surface area contributed by atoms with Gasteiger partial charge in [-0.1, -0.05) is 19.1 Å². The summed E-state index contributed by atoms with van der Waals surface area (Å²) < 4.78 is 38.7. The summed E-state index contributed by atoms with van der Waals surface area (Å²) in [4.78, 5) is 23.9. The topological polar surface area (TPSA) is 156 Å². The van der Waals surface area contributed by atoms with Crippen LogP contribution >= 0.6 is 0 Å². The predicted molar refractivity (Wildman–Crippen MR) is 94.1 cm³/mol. The van der Waals surface area contributed by atoms with Crippen molar-refractivity contribution in [1.82, 2.24) is 15.0 Å². The van der Waals surface area contributed by atoms with E-state index in [0.717, 1.165) is 0 Å². The Labute approximate surface area is 155 Å². The van der Waals surface area contributed by atoms with Gasteiger partial charge in [-0.05, 0) is 18.6 Å². The maximum atomic E-state index is 12.5. The van der Waals surface area contributed by atoms with E-state index in [1.807, 2.05) is 0 Å². The number of anilines is 1. The summed E-state index contributed by atoms with van der Waals surface area (Å²) in [5, 5.41) is 7.63. The van der Waals surface area contributed by atoms with Crippen LogP contribution in [-0.4, -0.2) is 49.6 Å². The van der Waals surface area contributed by atoms with E-state index in [4.69, 9.17) is 19.3 Å². The van der Waals surface area contributed by atoms with E-state index in [9.17, 15) is 13.2 Å². The van der Waals surface area contributed by atoms with Gasteiger partial charge in [0, 0.05) is 0 Å². The number of amides is 1. The molecule has 2 aromatic rings. The van der Waals surface area contributed by atoms with E-state index in [-0.39, 0.29) is 35.0 Å². The Morgan fingerprint density at radius 2 is 1.74 bits per heavy atom. The number of nitrogens with two attached hydrogens (primary N) is 1. The molecule has 0 saturated carbocycles. The lowest BCUT2D eigenvalue weighted by Gasteiger charge is -2.18. The molecule has 0 radical (unpaired) electrons. The van der Waals surface area contributed by atoms with Crippen LogP contribution in [0.1, 0.15) is 13.3 Å². The molecule has 1 unspecified atom stereocenters. The van der Waals surface area contributed by atoms with Gasteiger partial charge in [0.2, 0.25) is 16.0 Å². The standard InChI is InChI=1S/C15H19N5O6S/c1-4-9(26-10-7-5-6-8-11(10)27(16,22)23)12(21)17-13-18-14(24-2)20-15(19-13)25-3/h5-9H,4H2,1-3H3,(H2,16,22,23)(H,17,18,19,20,21). The Hall–Kier alpha value is -2.99. The minimum Gasteiger partial charge on any atom is -0.479 e. The molecule has 146 valence electrons. The molecular formula is C15H19N5O6S. The number of methoxy groups -OCH3 is 2. The third-order valence-electron chi connectivity index (χ3n) is 3.28. The molecule has 1 heterocycles. The molecule has 0 bridgehead atoms. The highest BCUT2D eigenvalue weighted by Gasteiger charge is 2.24. The van der Waals surface area contributed by atoms with Crippen molar-refractivity contribution < 1.29 is 27.4 Å². The first-order valence-corrected chi connectivity index (χ1v) is 9.26. The summed E-state index contributed by atoms with van der Waals surface area (Å²) >= 11 is 0. The largest absolute Gasteiger partial charge is 0.479 e. The van der Waals surface area contributed by atoms with Gasteiger partial charge >= 0.3 is 12.0 Å². The molecule has 0 spiro atoms. The molecule has 0 fully saturated rings. The second-order valence-corrected chi connectivity index (χ2v) is 6.66. The molecule has 0 saturated heterocycles. The van der Waals surface area contributed by atoms with Gasteiger partial charge in [0.05, 0.1) is 14.2 Å². The highest BCUT2D eigenvalue weighted by atomic mass is 32.2. The van der Waals surface area contributed by atoms with Crippen LogP contribution in [-0.2, 0) is 14.8 Å². The zero-order chi connectivity index (χ0) is 20.0. The number of hydrogen-bond acceptors (Lipinski definition) is 9. The molecule has 1 amide bonds. The minimum absolute atomic E-state index is 0.0344. The SMILES string of the molecule is CCC(Oc1ccccc1S(N)(=O)=O)C(=O)Nc1nc(OC)nc(OC)n1. The van der Waals surface area contributed by atoms with Gasteiger partial charge in [-0.25, -0.2) is 13.6 Å². The maximum Gasteiger partial charge on any atom is 0.324 e. The van der Waals surface area contributed by atoms with Gasteiger partial charge in [-0.15, -0.1) is 4.98 Å². The number of sulfonamides is 1. The molecule has 12 heteroatoms. The summed E-state index contributed by atoms with van der Waals surface area (Å²) in [6.45, 7) is 1.69. The van der Waals surface area contributed by atoms with Crippen LogP contribution in [0, 0.1) is 0 Å². The molecule has 0 aliphatic rings. The third kappa shape index (κ3) is 5.24. The monoisotopic (exact) mass is 397 g/mol. The summed E-state index contributed by atoms with van der Waals surface area (Å²) in [5.41, 5.74) is 0. The molecule has 0 aliphatic carbocycles. The van der Waals surface area contributed by atoms with E-state index >= 15 is 0 Å². The fourth-order valence-corrected chi connectivity index (χ4v) is 2.69. The summed E-state index contributed by atoms with van der Waals surface area (Å²) in [5.74, 6) is -0.740. The number of aromatic nitrogens is 3. The highest BCUT2D eigenvalue weighted by molar-refractivity contribution is 7.89. The number of carbonyl (C=O) groups excluding carboxylic acids is 1. The van der Waals surface area contributed by atoms with Gasteiger partial charge in [0.25, 0.3) is 5.91 Å². The molecular weight excluding hydrogens is 378 g/mol. The zero-order valence-corrected chi connectivity index (χ0v) is 15.7. The Morgan fingerprint density at radius 3 is 2.26 bits per heavy atom. The fourth-order valence-electron chi connectivity index (χ4n) is 2.03. The van der Waals surface area contributed by atoms with Gasteiger partial charge in [-0.2, -0.15) is 9.97 Å². The number of para-hydroxylation sites is 1. The lowest BCUT2D eigenvalue weighted by molar-refractivity contribution is -0.123. The molecule has 11 nitrogen and oxygen atoms in total. The minimum atomic E-state index is -4.01. The van der Waals surface area contributed by atoms with E-state index in [1.54, 1.807) is 13.0 Å². The van der Waals surface area contributed by atoms with E-state index < -0.39 is 22.0 Å². The van der Waals surface area contributed by atoms with Crippen LogP contribution in [0.15, 0.2) is 29.2 Å². The maximum absolute atomic E-state index is 12.5. The van der Waals surface area contributed by atoms with E-state index in [1.165, 1.54) is 32.4 Å². The van der Waals surface area contributed by atoms with Crippen molar-refractivity contribution in [3.8, 4) is 17.8 Å². The second kappa shape index (κ2) is 8.60. The molecule has 2 rings (SSSR count). The van der Waals surface area contributed by atoms with Crippen LogP contribution in [0.2, 0.25) is 0 Å². The Kier molecular flexibility index (Phi) is 6.47.